The van der Waals surface area contributed by atoms with E-state index in [0.717, 1.165) is 12.3 Å². The lowest BCUT2D eigenvalue weighted by molar-refractivity contribution is -0.132. The van der Waals surface area contributed by atoms with Crippen LogP contribution >= 0.6 is 0 Å². The Balaban J connectivity index is 3.21. The molecule has 0 spiro atoms. The fourth-order valence-corrected chi connectivity index (χ4v) is 0.698. The summed E-state index contributed by atoms with van der Waals surface area (Å²) in [5.74, 6) is -2.90. The second-order valence-corrected chi connectivity index (χ2v) is 2.02. The highest BCUT2D eigenvalue weighted by atomic mass is 16.4. The van der Waals surface area contributed by atoms with Gasteiger partial charge in [0.2, 0.25) is 0 Å². The largest absolute Gasteiger partial charge is 0.474 e. The minimum Gasteiger partial charge on any atom is -0.474 e. The zero-order chi connectivity index (χ0) is 9.14. The molecule has 0 bridgehead atoms. The number of pyridine rings is 1. The summed E-state index contributed by atoms with van der Waals surface area (Å²) in [7, 11) is 0. The minimum absolute atomic E-state index is 0.530. The van der Waals surface area contributed by atoms with Gasteiger partial charge in [0.05, 0.1) is 0 Å². The van der Waals surface area contributed by atoms with Crippen LogP contribution in [-0.4, -0.2) is 21.6 Å². The van der Waals surface area contributed by atoms with Crippen molar-refractivity contribution in [1.82, 2.24) is 4.57 Å². The molecule has 1 N–H and O–H groups in total. The van der Waals surface area contributed by atoms with E-state index in [2.05, 4.69) is 0 Å². The van der Waals surface area contributed by atoms with E-state index in [1.807, 2.05) is 0 Å². The van der Waals surface area contributed by atoms with Crippen LogP contribution in [0.15, 0.2) is 29.2 Å². The van der Waals surface area contributed by atoms with E-state index in [1.54, 1.807) is 0 Å². The van der Waals surface area contributed by atoms with E-state index in [1.165, 1.54) is 12.1 Å². The van der Waals surface area contributed by atoms with Gasteiger partial charge in [-0.15, -0.1) is 0 Å². The van der Waals surface area contributed by atoms with Crippen molar-refractivity contribution in [2.24, 2.45) is 0 Å². The van der Waals surface area contributed by atoms with Gasteiger partial charge in [-0.05, 0) is 6.07 Å². The smallest absolute Gasteiger partial charge is 0.395 e. The molecule has 0 saturated heterocycles. The Hall–Kier alpha value is -1.91. The molecule has 1 heterocycles. The fraction of sp³-hybridized carbons (Fsp3) is 0. The van der Waals surface area contributed by atoms with Crippen LogP contribution in [0, 0.1) is 0 Å². The summed E-state index contributed by atoms with van der Waals surface area (Å²) in [6, 6.07) is 3.94. The predicted molar refractivity (Wildman–Crippen MR) is 39.0 cm³/mol. The summed E-state index contributed by atoms with van der Waals surface area (Å²) >= 11 is 0. The van der Waals surface area contributed by atoms with Crippen molar-refractivity contribution in [2.45, 2.75) is 0 Å². The summed E-state index contributed by atoms with van der Waals surface area (Å²) in [5.41, 5.74) is -0.648. The summed E-state index contributed by atoms with van der Waals surface area (Å²) in [6.07, 6.45) is 1.11. The molecule has 62 valence electrons. The number of carboxylic acids is 1. The SMILES string of the molecule is O=C(O)C(=O)n1ccccc1=O. The second-order valence-electron chi connectivity index (χ2n) is 2.02. The van der Waals surface area contributed by atoms with Gasteiger partial charge in [-0.3, -0.25) is 9.59 Å². The van der Waals surface area contributed by atoms with E-state index < -0.39 is 17.4 Å². The van der Waals surface area contributed by atoms with E-state index in [0.29, 0.717) is 4.57 Å². The van der Waals surface area contributed by atoms with Crippen molar-refractivity contribution in [3.63, 3.8) is 0 Å². The van der Waals surface area contributed by atoms with E-state index in [4.69, 9.17) is 5.11 Å². The summed E-state index contributed by atoms with van der Waals surface area (Å²) in [5, 5.41) is 8.25. The summed E-state index contributed by atoms with van der Waals surface area (Å²) in [6.45, 7) is 0. The Bertz CT molecular complexity index is 379. The Labute approximate surface area is 66.9 Å². The van der Waals surface area contributed by atoms with Crippen LogP contribution in [0.2, 0.25) is 0 Å². The predicted octanol–water partition coefficient (Wildman–Crippen LogP) is -0.427. The molecule has 1 rings (SSSR count). The van der Waals surface area contributed by atoms with Crippen molar-refractivity contribution in [3.8, 4) is 0 Å². The van der Waals surface area contributed by atoms with Gasteiger partial charge in [0.1, 0.15) is 0 Å². The Kier molecular flexibility index (Phi) is 2.05. The number of hydrogen-bond donors (Lipinski definition) is 1. The normalized spacial score (nSPS) is 9.33. The average Bonchev–Trinajstić information content (AvgIpc) is 2.04. The van der Waals surface area contributed by atoms with Gasteiger partial charge in [0, 0.05) is 12.3 Å². The van der Waals surface area contributed by atoms with Gasteiger partial charge in [-0.25, -0.2) is 9.36 Å². The van der Waals surface area contributed by atoms with Crippen molar-refractivity contribution < 1.29 is 14.7 Å². The molecule has 0 aromatic carbocycles. The number of carboxylic acid groups (broad SMARTS) is 1. The molecular formula is C7H5NO4. The van der Waals surface area contributed by atoms with E-state index >= 15 is 0 Å². The van der Waals surface area contributed by atoms with Gasteiger partial charge < -0.3 is 5.11 Å². The topological polar surface area (TPSA) is 76.4 Å². The molecular weight excluding hydrogens is 162 g/mol. The molecule has 0 amide bonds. The first-order chi connectivity index (χ1) is 5.63. The molecule has 0 atom stereocenters. The second kappa shape index (κ2) is 3.00. The number of hydrogen-bond acceptors (Lipinski definition) is 3. The third kappa shape index (κ3) is 1.39. The average molecular weight is 167 g/mol. The molecule has 1 aromatic heterocycles. The minimum atomic E-state index is -1.65. The Morgan fingerprint density at radius 3 is 2.50 bits per heavy atom. The first-order valence-electron chi connectivity index (χ1n) is 3.08. The number of aromatic nitrogens is 1. The van der Waals surface area contributed by atoms with Crippen molar-refractivity contribution >= 4 is 11.9 Å². The van der Waals surface area contributed by atoms with Crippen LogP contribution < -0.4 is 5.56 Å². The standard InChI is InChI=1S/C7H5NO4/c9-5-3-1-2-4-8(5)6(10)7(11)12/h1-4H,(H,11,12). The van der Waals surface area contributed by atoms with E-state index in [9.17, 15) is 14.4 Å². The van der Waals surface area contributed by atoms with E-state index in [-0.39, 0.29) is 0 Å². The molecule has 0 radical (unpaired) electrons. The zero-order valence-corrected chi connectivity index (χ0v) is 5.93. The first-order valence-corrected chi connectivity index (χ1v) is 3.08. The Morgan fingerprint density at radius 1 is 1.33 bits per heavy atom. The Morgan fingerprint density at radius 2 is 2.00 bits per heavy atom. The van der Waals surface area contributed by atoms with Crippen molar-refractivity contribution in [2.75, 3.05) is 0 Å². The third-order valence-electron chi connectivity index (χ3n) is 1.22. The highest BCUT2D eigenvalue weighted by Crippen LogP contribution is 1.82. The monoisotopic (exact) mass is 167 g/mol. The zero-order valence-electron chi connectivity index (χ0n) is 5.93. The molecule has 0 saturated carbocycles. The van der Waals surface area contributed by atoms with Crippen LogP contribution in [0.4, 0.5) is 0 Å². The maximum atomic E-state index is 10.8. The molecule has 0 aliphatic rings. The highest BCUT2D eigenvalue weighted by Gasteiger charge is 2.13. The van der Waals surface area contributed by atoms with Gasteiger partial charge in [-0.2, -0.15) is 0 Å². The molecule has 0 aliphatic carbocycles. The number of carbonyl (C=O) groups is 2. The maximum absolute atomic E-state index is 10.8. The van der Waals surface area contributed by atoms with Crippen LogP contribution in [0.1, 0.15) is 4.79 Å². The van der Waals surface area contributed by atoms with Crippen LogP contribution in [-0.2, 0) is 4.79 Å². The summed E-state index contributed by atoms with van der Waals surface area (Å²) < 4.78 is 0.530. The molecule has 0 unspecified atom stereocenters. The van der Waals surface area contributed by atoms with Crippen LogP contribution in [0.5, 0.6) is 0 Å². The molecule has 5 heteroatoms. The van der Waals surface area contributed by atoms with Crippen LogP contribution in [0.25, 0.3) is 0 Å². The van der Waals surface area contributed by atoms with Crippen molar-refractivity contribution in [1.29, 1.82) is 0 Å². The molecule has 0 fully saturated rings. The lowest BCUT2D eigenvalue weighted by Crippen LogP contribution is -2.30. The van der Waals surface area contributed by atoms with Gasteiger partial charge in [-0.1, -0.05) is 6.07 Å². The summed E-state index contributed by atoms with van der Waals surface area (Å²) in [4.78, 5) is 31.7. The van der Waals surface area contributed by atoms with Gasteiger partial charge >= 0.3 is 11.9 Å². The fourth-order valence-electron chi connectivity index (χ4n) is 0.698. The number of aliphatic carboxylic acids is 1. The molecule has 1 aromatic rings. The van der Waals surface area contributed by atoms with Crippen LogP contribution in [0.3, 0.4) is 0 Å². The number of carbonyl (C=O) groups excluding carboxylic acids is 1. The highest BCUT2D eigenvalue weighted by molar-refractivity contribution is 6.32. The third-order valence-corrected chi connectivity index (χ3v) is 1.22. The lowest BCUT2D eigenvalue weighted by Gasteiger charge is -1.96. The van der Waals surface area contributed by atoms with Gasteiger partial charge in [0.15, 0.2) is 0 Å². The van der Waals surface area contributed by atoms with Gasteiger partial charge in [0.25, 0.3) is 5.56 Å². The molecule has 5 nitrogen and oxygen atoms in total. The van der Waals surface area contributed by atoms with Crippen molar-refractivity contribution in [3.05, 3.63) is 34.7 Å². The lowest BCUT2D eigenvalue weighted by atomic mass is 10.4. The molecule has 0 aliphatic heterocycles. The first kappa shape index (κ1) is 8.19. The maximum Gasteiger partial charge on any atom is 0.395 e. The number of rotatable bonds is 0. The number of nitrogens with zero attached hydrogens (tertiary/aromatic N) is 1. The quantitative estimate of drug-likeness (QED) is 0.532. The molecule has 12 heavy (non-hydrogen) atoms.